The highest BCUT2D eigenvalue weighted by atomic mass is 19.4. The van der Waals surface area contributed by atoms with Gasteiger partial charge in [0.05, 0.1) is 19.8 Å². The van der Waals surface area contributed by atoms with Crippen LogP contribution in [0.5, 0.6) is 11.5 Å². The van der Waals surface area contributed by atoms with Gasteiger partial charge in [0.1, 0.15) is 17.2 Å². The van der Waals surface area contributed by atoms with E-state index in [1.807, 2.05) is 36.4 Å². The van der Waals surface area contributed by atoms with Crippen molar-refractivity contribution >= 4 is 16.9 Å². The van der Waals surface area contributed by atoms with Crippen LogP contribution in [-0.2, 0) is 12.7 Å². The van der Waals surface area contributed by atoms with Crippen molar-refractivity contribution in [2.75, 3.05) is 14.2 Å². The van der Waals surface area contributed by atoms with Crippen LogP contribution in [0.1, 0.15) is 21.6 Å². The third kappa shape index (κ3) is 4.93. The predicted molar refractivity (Wildman–Crippen MR) is 143 cm³/mol. The van der Waals surface area contributed by atoms with Crippen LogP contribution < -0.4 is 9.47 Å². The molecule has 0 saturated heterocycles. The molecule has 1 aromatic heterocycles. The van der Waals surface area contributed by atoms with Gasteiger partial charge in [0.15, 0.2) is 0 Å². The van der Waals surface area contributed by atoms with Crippen molar-refractivity contribution in [2.24, 2.45) is 0 Å². The highest BCUT2D eigenvalue weighted by Gasteiger charge is 2.31. The minimum absolute atomic E-state index is 0.0234. The molecule has 0 spiro atoms. The number of hydrogen-bond donors (Lipinski definition) is 1. The number of aromatic carboxylic acids is 1. The number of alkyl halides is 3. The summed E-state index contributed by atoms with van der Waals surface area (Å²) in [6, 6.07) is 25.0. The number of fused-ring (bicyclic) bond motifs is 1. The molecule has 0 aliphatic heterocycles. The van der Waals surface area contributed by atoms with Crippen LogP contribution in [0.15, 0.2) is 91.0 Å². The Kier molecular flexibility index (Phi) is 6.78. The molecule has 0 fully saturated rings. The first kappa shape index (κ1) is 25.9. The van der Waals surface area contributed by atoms with E-state index < -0.39 is 17.7 Å². The summed E-state index contributed by atoms with van der Waals surface area (Å²) in [5.41, 5.74) is 2.83. The molecular formula is C31H24F3NO4. The van der Waals surface area contributed by atoms with E-state index >= 15 is 0 Å². The molecule has 0 unspecified atom stereocenters. The number of carbonyl (C=O) groups is 1. The first-order chi connectivity index (χ1) is 18.7. The summed E-state index contributed by atoms with van der Waals surface area (Å²) in [5.74, 6) is 0.0746. The van der Waals surface area contributed by atoms with Gasteiger partial charge in [-0.05, 0) is 59.2 Å². The van der Waals surface area contributed by atoms with Crippen molar-refractivity contribution < 1.29 is 32.5 Å². The zero-order chi connectivity index (χ0) is 27.7. The molecule has 4 aromatic carbocycles. The zero-order valence-corrected chi connectivity index (χ0v) is 21.1. The molecule has 0 saturated carbocycles. The fourth-order valence-electron chi connectivity index (χ4n) is 4.87. The molecule has 0 bridgehead atoms. The lowest BCUT2D eigenvalue weighted by atomic mass is 9.97. The maximum Gasteiger partial charge on any atom is 0.416 e. The topological polar surface area (TPSA) is 60.7 Å². The molecule has 8 heteroatoms. The first-order valence-corrected chi connectivity index (χ1v) is 12.0. The molecule has 1 N–H and O–H groups in total. The highest BCUT2D eigenvalue weighted by molar-refractivity contribution is 6.09. The van der Waals surface area contributed by atoms with Gasteiger partial charge >= 0.3 is 12.1 Å². The maximum atomic E-state index is 13.4. The number of methoxy groups -OCH3 is 2. The van der Waals surface area contributed by atoms with Crippen LogP contribution in [0.3, 0.4) is 0 Å². The fourth-order valence-corrected chi connectivity index (χ4v) is 4.87. The lowest BCUT2D eigenvalue weighted by molar-refractivity contribution is -0.137. The van der Waals surface area contributed by atoms with Gasteiger partial charge in [-0.1, -0.05) is 48.5 Å². The SMILES string of the molecule is COc1ccc(-c2c(C(=O)O)n(Cc3cccc(C(F)(F)F)c3)c3ccc(-c4ccccc4OC)cc23)cc1. The van der Waals surface area contributed by atoms with Gasteiger partial charge in [-0.25, -0.2) is 4.79 Å². The third-order valence-electron chi connectivity index (χ3n) is 6.66. The number of nitrogens with zero attached hydrogens (tertiary/aromatic N) is 1. The minimum Gasteiger partial charge on any atom is -0.497 e. The quantitative estimate of drug-likeness (QED) is 0.233. The molecule has 5 nitrogen and oxygen atoms in total. The average Bonchev–Trinajstić information content (AvgIpc) is 3.26. The Hall–Kier alpha value is -4.72. The number of hydrogen-bond acceptors (Lipinski definition) is 3. The van der Waals surface area contributed by atoms with Crippen LogP contribution >= 0.6 is 0 Å². The molecule has 198 valence electrons. The van der Waals surface area contributed by atoms with Crippen LogP contribution in [0.4, 0.5) is 13.2 Å². The number of carboxylic acids is 1. The Morgan fingerprint density at radius 1 is 0.846 bits per heavy atom. The van der Waals surface area contributed by atoms with Crippen LogP contribution in [0, 0.1) is 0 Å². The smallest absolute Gasteiger partial charge is 0.416 e. The monoisotopic (exact) mass is 531 g/mol. The summed E-state index contributed by atoms with van der Waals surface area (Å²) in [4.78, 5) is 12.7. The summed E-state index contributed by atoms with van der Waals surface area (Å²) in [6.45, 7) is -0.0633. The van der Waals surface area contributed by atoms with Gasteiger partial charge in [0.25, 0.3) is 0 Å². The molecule has 0 atom stereocenters. The highest BCUT2D eigenvalue weighted by Crippen LogP contribution is 2.40. The number of carboxylic acid groups (broad SMARTS) is 1. The maximum absolute atomic E-state index is 13.4. The second-order valence-electron chi connectivity index (χ2n) is 8.97. The Balaban J connectivity index is 1.78. The van der Waals surface area contributed by atoms with Crippen LogP contribution in [0.25, 0.3) is 33.2 Å². The molecule has 0 aliphatic carbocycles. The van der Waals surface area contributed by atoms with Crippen molar-refractivity contribution in [2.45, 2.75) is 12.7 Å². The minimum atomic E-state index is -4.51. The predicted octanol–water partition coefficient (Wildman–Crippen LogP) is 7.76. The number of aromatic nitrogens is 1. The first-order valence-electron chi connectivity index (χ1n) is 12.0. The number of para-hydroxylation sites is 1. The number of halogens is 3. The Labute approximate surface area is 222 Å². The van der Waals surface area contributed by atoms with E-state index in [0.29, 0.717) is 39.1 Å². The zero-order valence-electron chi connectivity index (χ0n) is 21.1. The van der Waals surface area contributed by atoms with E-state index in [9.17, 15) is 23.1 Å². The van der Waals surface area contributed by atoms with Gasteiger partial charge in [-0.15, -0.1) is 0 Å². The van der Waals surface area contributed by atoms with Crippen molar-refractivity contribution in [3.63, 3.8) is 0 Å². The standard InChI is InChI=1S/C31H24F3NO4/c1-38-23-13-10-20(11-14-23)28-25-17-21(24-8-3-4-9-27(24)39-2)12-15-26(25)35(29(28)30(36)37)18-19-6-5-7-22(16-19)31(32,33)34/h3-17H,18H2,1-2H3,(H,36,37). The third-order valence-corrected chi connectivity index (χ3v) is 6.66. The molecule has 39 heavy (non-hydrogen) atoms. The van der Waals surface area contributed by atoms with Gasteiger partial charge in [-0.2, -0.15) is 13.2 Å². The van der Waals surface area contributed by atoms with Crippen molar-refractivity contribution in [1.29, 1.82) is 0 Å². The molecule has 0 aliphatic rings. The largest absolute Gasteiger partial charge is 0.497 e. The van der Waals surface area contributed by atoms with E-state index in [4.69, 9.17) is 9.47 Å². The van der Waals surface area contributed by atoms with Crippen LogP contribution in [0.2, 0.25) is 0 Å². The van der Waals surface area contributed by atoms with Gasteiger partial charge in [0, 0.05) is 28.6 Å². The van der Waals surface area contributed by atoms with Gasteiger partial charge in [-0.3, -0.25) is 0 Å². The molecule has 1 heterocycles. The number of ether oxygens (including phenoxy) is 2. The molecule has 0 amide bonds. The van der Waals surface area contributed by atoms with Crippen LogP contribution in [-0.4, -0.2) is 29.9 Å². The second kappa shape index (κ2) is 10.2. The molecule has 5 rings (SSSR count). The Morgan fingerprint density at radius 3 is 2.23 bits per heavy atom. The number of benzene rings is 4. The van der Waals surface area contributed by atoms with Crippen molar-refractivity contribution in [3.05, 3.63) is 108 Å². The van der Waals surface area contributed by atoms with E-state index in [2.05, 4.69) is 0 Å². The lowest BCUT2D eigenvalue weighted by Gasteiger charge is -2.12. The second-order valence-corrected chi connectivity index (χ2v) is 8.97. The van der Waals surface area contributed by atoms with E-state index in [0.717, 1.165) is 23.3 Å². The Morgan fingerprint density at radius 2 is 1.56 bits per heavy atom. The fraction of sp³-hybridized carbons (Fsp3) is 0.129. The average molecular weight is 532 g/mol. The normalized spacial score (nSPS) is 11.5. The van der Waals surface area contributed by atoms with E-state index in [1.165, 1.54) is 13.2 Å². The Bertz CT molecular complexity index is 1670. The summed E-state index contributed by atoms with van der Waals surface area (Å²) in [5, 5.41) is 11.0. The number of rotatable bonds is 7. The summed E-state index contributed by atoms with van der Waals surface area (Å²) < 4.78 is 52.6. The van der Waals surface area contributed by atoms with E-state index in [1.54, 1.807) is 48.1 Å². The van der Waals surface area contributed by atoms with Gasteiger partial charge < -0.3 is 19.1 Å². The summed E-state index contributed by atoms with van der Waals surface area (Å²) >= 11 is 0. The molecular weight excluding hydrogens is 507 g/mol. The summed E-state index contributed by atoms with van der Waals surface area (Å²) in [6.07, 6.45) is -4.51. The molecule has 5 aromatic rings. The lowest BCUT2D eigenvalue weighted by Crippen LogP contribution is -2.11. The van der Waals surface area contributed by atoms with Crippen molar-refractivity contribution in [3.8, 4) is 33.8 Å². The summed E-state index contributed by atoms with van der Waals surface area (Å²) in [7, 11) is 3.12. The van der Waals surface area contributed by atoms with Crippen molar-refractivity contribution in [1.82, 2.24) is 4.57 Å². The van der Waals surface area contributed by atoms with E-state index in [-0.39, 0.29) is 12.2 Å². The molecule has 0 radical (unpaired) electrons. The van der Waals surface area contributed by atoms with Gasteiger partial charge in [0.2, 0.25) is 0 Å².